The van der Waals surface area contributed by atoms with Gasteiger partial charge in [0.2, 0.25) is 0 Å². The summed E-state index contributed by atoms with van der Waals surface area (Å²) in [5, 5.41) is 3.58. The van der Waals surface area contributed by atoms with Gasteiger partial charge < -0.3 is 15.0 Å². The average Bonchev–Trinajstić information content (AvgIpc) is 3.09. The quantitative estimate of drug-likeness (QED) is 0.921. The van der Waals surface area contributed by atoms with Gasteiger partial charge in [0.25, 0.3) is 11.8 Å². The summed E-state index contributed by atoms with van der Waals surface area (Å²) in [5.74, 6) is -0.0153. The second-order valence-corrected chi connectivity index (χ2v) is 6.52. The predicted molar refractivity (Wildman–Crippen MR) is 87.5 cm³/mol. The van der Waals surface area contributed by atoms with E-state index in [1.165, 1.54) is 0 Å². The van der Waals surface area contributed by atoms with Crippen LogP contribution in [0.1, 0.15) is 36.0 Å². The van der Waals surface area contributed by atoms with E-state index in [4.69, 9.17) is 16.3 Å². The van der Waals surface area contributed by atoms with Gasteiger partial charge in [0.1, 0.15) is 6.10 Å². The topological polar surface area (TPSA) is 58.6 Å². The van der Waals surface area contributed by atoms with Crippen molar-refractivity contribution in [1.29, 1.82) is 0 Å². The Hall–Kier alpha value is -1.59. The molecule has 1 atom stereocenters. The number of amides is 2. The van der Waals surface area contributed by atoms with Crippen molar-refractivity contribution in [2.45, 2.75) is 37.8 Å². The van der Waals surface area contributed by atoms with Crippen LogP contribution in [0.2, 0.25) is 5.02 Å². The summed E-state index contributed by atoms with van der Waals surface area (Å²) in [7, 11) is 0. The zero-order chi connectivity index (χ0) is 16.2. The van der Waals surface area contributed by atoms with Gasteiger partial charge in [-0.3, -0.25) is 9.59 Å². The van der Waals surface area contributed by atoms with Crippen molar-refractivity contribution in [3.05, 3.63) is 34.9 Å². The maximum Gasteiger partial charge on any atom is 0.251 e. The standard InChI is InChI=1S/C17H21ClN2O3/c18-13-4-1-3-12(11-13)16(21)19-14-6-8-20(9-7-14)17(22)15-5-2-10-23-15/h1,3-4,11,14-15H,2,5-10H2,(H,19,21). The van der Waals surface area contributed by atoms with E-state index in [2.05, 4.69) is 5.32 Å². The molecule has 1 unspecified atom stereocenters. The second kappa shape index (κ2) is 7.32. The first-order valence-electron chi connectivity index (χ1n) is 8.10. The second-order valence-electron chi connectivity index (χ2n) is 6.09. The van der Waals surface area contributed by atoms with Gasteiger partial charge in [0.15, 0.2) is 0 Å². The smallest absolute Gasteiger partial charge is 0.251 e. The van der Waals surface area contributed by atoms with Crippen molar-refractivity contribution in [3.63, 3.8) is 0 Å². The first-order chi connectivity index (χ1) is 11.1. The Balaban J connectivity index is 1.49. The Morgan fingerprint density at radius 3 is 2.65 bits per heavy atom. The molecule has 2 aliphatic rings. The summed E-state index contributed by atoms with van der Waals surface area (Å²) in [4.78, 5) is 26.4. The molecule has 1 N–H and O–H groups in total. The lowest BCUT2D eigenvalue weighted by Gasteiger charge is -2.33. The minimum atomic E-state index is -0.257. The lowest BCUT2D eigenvalue weighted by Crippen LogP contribution is -2.49. The molecule has 1 aromatic carbocycles. The summed E-state index contributed by atoms with van der Waals surface area (Å²) in [6.07, 6.45) is 3.06. The highest BCUT2D eigenvalue weighted by atomic mass is 35.5. The fourth-order valence-corrected chi connectivity index (χ4v) is 3.31. The SMILES string of the molecule is O=C(NC1CCN(C(=O)C2CCCO2)CC1)c1cccc(Cl)c1. The maximum absolute atomic E-state index is 12.3. The number of ether oxygens (including phenoxy) is 1. The molecule has 2 heterocycles. The van der Waals surface area contributed by atoms with Crippen LogP contribution in [-0.4, -0.2) is 48.6 Å². The molecule has 0 aromatic heterocycles. The Morgan fingerprint density at radius 1 is 1.22 bits per heavy atom. The normalized spacial score (nSPS) is 22.1. The first kappa shape index (κ1) is 16.3. The van der Waals surface area contributed by atoms with Crippen LogP contribution in [0.4, 0.5) is 0 Å². The van der Waals surface area contributed by atoms with Crippen LogP contribution >= 0.6 is 11.6 Å². The van der Waals surface area contributed by atoms with E-state index in [0.29, 0.717) is 30.3 Å². The number of likely N-dealkylation sites (tertiary alicyclic amines) is 1. The monoisotopic (exact) mass is 336 g/mol. The number of piperidine rings is 1. The molecular formula is C17H21ClN2O3. The van der Waals surface area contributed by atoms with Crippen LogP contribution in [0.25, 0.3) is 0 Å². The Morgan fingerprint density at radius 2 is 2.00 bits per heavy atom. The third-order valence-electron chi connectivity index (χ3n) is 4.43. The Bertz CT molecular complexity index is 579. The molecule has 2 fully saturated rings. The maximum atomic E-state index is 12.3. The molecule has 2 amide bonds. The van der Waals surface area contributed by atoms with E-state index in [1.807, 2.05) is 4.90 Å². The fraction of sp³-hybridized carbons (Fsp3) is 0.529. The van der Waals surface area contributed by atoms with Gasteiger partial charge in [-0.2, -0.15) is 0 Å². The summed E-state index contributed by atoms with van der Waals surface area (Å²) >= 11 is 5.91. The number of rotatable bonds is 3. The van der Waals surface area contributed by atoms with Crippen molar-refractivity contribution in [2.75, 3.05) is 19.7 Å². The van der Waals surface area contributed by atoms with Gasteiger partial charge in [-0.1, -0.05) is 17.7 Å². The fourth-order valence-electron chi connectivity index (χ4n) is 3.12. The van der Waals surface area contributed by atoms with Crippen LogP contribution in [0.15, 0.2) is 24.3 Å². The van der Waals surface area contributed by atoms with Gasteiger partial charge >= 0.3 is 0 Å². The molecule has 3 rings (SSSR count). The Labute approximate surface area is 140 Å². The Kier molecular flexibility index (Phi) is 5.18. The van der Waals surface area contributed by atoms with Crippen molar-refractivity contribution in [2.24, 2.45) is 0 Å². The third kappa shape index (κ3) is 4.03. The number of hydrogen-bond acceptors (Lipinski definition) is 3. The summed E-state index contributed by atoms with van der Waals surface area (Å²) < 4.78 is 5.45. The van der Waals surface area contributed by atoms with Crippen molar-refractivity contribution >= 4 is 23.4 Å². The molecule has 124 valence electrons. The van der Waals surface area contributed by atoms with Gasteiger partial charge in [0.05, 0.1) is 0 Å². The van der Waals surface area contributed by atoms with Gasteiger partial charge in [-0.25, -0.2) is 0 Å². The molecule has 2 aliphatic heterocycles. The predicted octanol–water partition coefficient (Wildman–Crippen LogP) is 2.24. The van der Waals surface area contributed by atoms with Crippen LogP contribution in [0.3, 0.4) is 0 Å². The molecule has 2 saturated heterocycles. The highest BCUT2D eigenvalue weighted by Gasteiger charge is 2.31. The number of carbonyl (C=O) groups excluding carboxylic acids is 2. The largest absolute Gasteiger partial charge is 0.368 e. The highest BCUT2D eigenvalue weighted by Crippen LogP contribution is 2.19. The van der Waals surface area contributed by atoms with Crippen LogP contribution < -0.4 is 5.32 Å². The number of halogens is 1. The zero-order valence-electron chi connectivity index (χ0n) is 13.0. The first-order valence-corrected chi connectivity index (χ1v) is 8.48. The van der Waals surface area contributed by atoms with E-state index in [0.717, 1.165) is 25.7 Å². The molecule has 23 heavy (non-hydrogen) atoms. The van der Waals surface area contributed by atoms with Gasteiger partial charge in [-0.05, 0) is 43.9 Å². The van der Waals surface area contributed by atoms with Gasteiger partial charge in [-0.15, -0.1) is 0 Å². The average molecular weight is 337 g/mol. The van der Waals surface area contributed by atoms with Crippen molar-refractivity contribution < 1.29 is 14.3 Å². The molecule has 6 heteroatoms. The molecule has 0 bridgehead atoms. The van der Waals surface area contributed by atoms with Crippen LogP contribution in [0, 0.1) is 0 Å². The van der Waals surface area contributed by atoms with E-state index in [9.17, 15) is 9.59 Å². The number of hydrogen-bond donors (Lipinski definition) is 1. The van der Waals surface area contributed by atoms with E-state index in [-0.39, 0.29) is 24.0 Å². The lowest BCUT2D eigenvalue weighted by molar-refractivity contribution is -0.142. The number of benzene rings is 1. The van der Waals surface area contributed by atoms with Crippen molar-refractivity contribution in [3.8, 4) is 0 Å². The van der Waals surface area contributed by atoms with Crippen LogP contribution in [0.5, 0.6) is 0 Å². The third-order valence-corrected chi connectivity index (χ3v) is 4.67. The molecule has 0 radical (unpaired) electrons. The molecular weight excluding hydrogens is 316 g/mol. The van der Waals surface area contributed by atoms with Crippen molar-refractivity contribution in [1.82, 2.24) is 10.2 Å². The highest BCUT2D eigenvalue weighted by molar-refractivity contribution is 6.30. The molecule has 0 aliphatic carbocycles. The van der Waals surface area contributed by atoms with E-state index >= 15 is 0 Å². The number of nitrogens with zero attached hydrogens (tertiary/aromatic N) is 1. The molecule has 1 aromatic rings. The summed E-state index contributed by atoms with van der Waals surface area (Å²) in [5.41, 5.74) is 0.565. The lowest BCUT2D eigenvalue weighted by atomic mass is 10.0. The molecule has 5 nitrogen and oxygen atoms in total. The molecule has 0 saturated carbocycles. The van der Waals surface area contributed by atoms with Gasteiger partial charge in [0, 0.05) is 36.3 Å². The minimum Gasteiger partial charge on any atom is -0.368 e. The number of carbonyl (C=O) groups is 2. The number of nitrogens with one attached hydrogen (secondary N) is 1. The van der Waals surface area contributed by atoms with E-state index in [1.54, 1.807) is 24.3 Å². The van der Waals surface area contributed by atoms with Crippen LogP contribution in [-0.2, 0) is 9.53 Å². The zero-order valence-corrected chi connectivity index (χ0v) is 13.7. The summed E-state index contributed by atoms with van der Waals surface area (Å²) in [6, 6.07) is 7.01. The summed E-state index contributed by atoms with van der Waals surface area (Å²) in [6.45, 7) is 2.01. The van der Waals surface area contributed by atoms with E-state index < -0.39 is 0 Å². The minimum absolute atomic E-state index is 0.0926. The molecule has 0 spiro atoms.